The van der Waals surface area contributed by atoms with Gasteiger partial charge in [0.2, 0.25) is 0 Å². The van der Waals surface area contributed by atoms with Crippen LogP contribution in [0.3, 0.4) is 0 Å². The summed E-state index contributed by atoms with van der Waals surface area (Å²) in [5, 5.41) is 2.75. The van der Waals surface area contributed by atoms with Crippen LogP contribution in [-0.4, -0.2) is 28.5 Å². The number of rotatable bonds is 4. The van der Waals surface area contributed by atoms with Gasteiger partial charge in [0.25, 0.3) is 5.91 Å². The van der Waals surface area contributed by atoms with E-state index in [2.05, 4.69) is 37.9 Å². The molecule has 0 aromatic carbocycles. The Morgan fingerprint density at radius 2 is 1.74 bits per heavy atom. The van der Waals surface area contributed by atoms with Crippen molar-refractivity contribution in [3.63, 3.8) is 0 Å². The molecular formula is C15H27NO2S. The maximum absolute atomic E-state index is 11.7. The van der Waals surface area contributed by atoms with Gasteiger partial charge in [-0.3, -0.25) is 4.79 Å². The summed E-state index contributed by atoms with van der Waals surface area (Å²) in [6.45, 7) is 13.1. The third-order valence-corrected chi connectivity index (χ3v) is 3.84. The number of carbonyl (C=O) groups excluding carboxylic acids is 1. The Morgan fingerprint density at radius 3 is 2.21 bits per heavy atom. The van der Waals surface area contributed by atoms with Gasteiger partial charge in [-0.1, -0.05) is 41.5 Å². The van der Waals surface area contributed by atoms with Crippen LogP contribution < -0.4 is 5.32 Å². The van der Waals surface area contributed by atoms with E-state index in [9.17, 15) is 9.35 Å². The number of nitrogens with one attached hydrogen (secondary N) is 1. The quantitative estimate of drug-likeness (QED) is 0.637. The zero-order chi connectivity index (χ0) is 15.1. The number of carbonyl (C=O) groups is 1. The van der Waals surface area contributed by atoms with E-state index in [1.807, 2.05) is 20.8 Å². The van der Waals surface area contributed by atoms with Crippen LogP contribution in [0.2, 0.25) is 0 Å². The van der Waals surface area contributed by atoms with E-state index >= 15 is 0 Å². The molecule has 0 aromatic heterocycles. The van der Waals surface area contributed by atoms with Crippen molar-refractivity contribution in [2.24, 2.45) is 10.8 Å². The fourth-order valence-corrected chi connectivity index (χ4v) is 2.63. The Hall–Kier alpha value is -0.660. The van der Waals surface area contributed by atoms with E-state index < -0.39 is 11.2 Å². The summed E-state index contributed by atoms with van der Waals surface area (Å²) in [5.74, 6) is 5.78. The number of hydrogen-bond donors (Lipinski definition) is 1. The highest BCUT2D eigenvalue weighted by Gasteiger charge is 2.18. The first-order valence-electron chi connectivity index (χ1n) is 6.61. The Bertz CT molecular complexity index is 342. The summed E-state index contributed by atoms with van der Waals surface area (Å²) in [5.41, 5.74) is 0.233. The lowest BCUT2D eigenvalue weighted by Gasteiger charge is -2.19. The second-order valence-corrected chi connectivity index (χ2v) is 8.61. The molecule has 1 unspecified atom stereocenters. The highest BCUT2D eigenvalue weighted by atomic mass is 32.2. The zero-order valence-electron chi connectivity index (χ0n) is 13.1. The molecule has 0 saturated carbocycles. The fourth-order valence-electron chi connectivity index (χ4n) is 1.33. The lowest BCUT2D eigenvalue weighted by Crippen LogP contribution is -2.26. The third kappa shape index (κ3) is 13.6. The Morgan fingerprint density at radius 1 is 1.16 bits per heavy atom. The van der Waals surface area contributed by atoms with E-state index in [0.29, 0.717) is 12.3 Å². The predicted molar refractivity (Wildman–Crippen MR) is 82.2 cm³/mol. The molecule has 0 bridgehead atoms. The normalized spacial score (nSPS) is 13.4. The van der Waals surface area contributed by atoms with Gasteiger partial charge in [0.05, 0.1) is 0 Å². The molecule has 0 fully saturated rings. The summed E-state index contributed by atoms with van der Waals surface area (Å²) < 4.78 is 11.7. The molecule has 4 heteroatoms. The maximum Gasteiger partial charge on any atom is 0.296 e. The molecule has 0 aliphatic rings. The highest BCUT2D eigenvalue weighted by Crippen LogP contribution is 2.17. The Kier molecular flexibility index (Phi) is 7.54. The minimum absolute atomic E-state index is 0.0293. The Balaban J connectivity index is 3.92. The summed E-state index contributed by atoms with van der Waals surface area (Å²) in [6.07, 6.45) is 0.913. The van der Waals surface area contributed by atoms with Gasteiger partial charge >= 0.3 is 0 Å². The highest BCUT2D eigenvalue weighted by molar-refractivity contribution is 7.91. The van der Waals surface area contributed by atoms with Gasteiger partial charge in [0.15, 0.2) is 5.75 Å². The van der Waals surface area contributed by atoms with Crippen LogP contribution >= 0.6 is 0 Å². The minimum atomic E-state index is -0.979. The average Bonchev–Trinajstić information content (AvgIpc) is 2.12. The van der Waals surface area contributed by atoms with Crippen molar-refractivity contribution in [3.8, 4) is 11.8 Å². The van der Waals surface area contributed by atoms with Crippen LogP contribution in [0.1, 0.15) is 48.0 Å². The minimum Gasteiger partial charge on any atom is -0.616 e. The number of amides is 1. The molecular weight excluding hydrogens is 258 g/mol. The van der Waals surface area contributed by atoms with Crippen molar-refractivity contribution in [2.45, 2.75) is 48.0 Å². The largest absolute Gasteiger partial charge is 0.616 e. The first-order valence-corrected chi connectivity index (χ1v) is 8.10. The van der Waals surface area contributed by atoms with Crippen molar-refractivity contribution in [1.82, 2.24) is 5.32 Å². The summed E-state index contributed by atoms with van der Waals surface area (Å²) in [4.78, 5) is 11.4. The summed E-state index contributed by atoms with van der Waals surface area (Å²) >= 11 is -0.979. The van der Waals surface area contributed by atoms with E-state index in [1.54, 1.807) is 0 Å². The first-order chi connectivity index (χ1) is 8.49. The van der Waals surface area contributed by atoms with Crippen LogP contribution in [0.15, 0.2) is 0 Å². The molecule has 1 N–H and O–H groups in total. The molecule has 3 nitrogen and oxygen atoms in total. The SMILES string of the molecule is CC(C)(C)CCNC(=O)C#CC[S+]([O-])CC(C)(C)C. The van der Waals surface area contributed by atoms with Crippen molar-refractivity contribution in [2.75, 3.05) is 18.1 Å². The maximum atomic E-state index is 11.7. The second kappa shape index (κ2) is 7.81. The van der Waals surface area contributed by atoms with Crippen LogP contribution in [0.4, 0.5) is 0 Å². The molecule has 0 saturated heterocycles. The van der Waals surface area contributed by atoms with Crippen molar-refractivity contribution < 1.29 is 9.35 Å². The molecule has 0 aliphatic carbocycles. The number of hydrogen-bond acceptors (Lipinski definition) is 2. The monoisotopic (exact) mass is 285 g/mol. The standard InChI is InChI=1S/C15H27NO2S/c1-14(2,3)9-10-16-13(17)8-7-11-19(18)12-15(4,5)6/h9-12H2,1-6H3,(H,16,17). The second-order valence-electron chi connectivity index (χ2n) is 7.16. The van der Waals surface area contributed by atoms with Gasteiger partial charge in [-0.25, -0.2) is 0 Å². The molecule has 0 rings (SSSR count). The van der Waals surface area contributed by atoms with Gasteiger partial charge < -0.3 is 9.87 Å². The molecule has 0 radical (unpaired) electrons. The smallest absolute Gasteiger partial charge is 0.296 e. The van der Waals surface area contributed by atoms with Crippen LogP contribution in [0.5, 0.6) is 0 Å². The van der Waals surface area contributed by atoms with Gasteiger partial charge in [0, 0.05) is 12.0 Å². The lowest BCUT2D eigenvalue weighted by atomic mass is 9.92. The molecule has 110 valence electrons. The van der Waals surface area contributed by atoms with E-state index in [-0.39, 0.29) is 22.5 Å². The fraction of sp³-hybridized carbons (Fsp3) is 0.800. The van der Waals surface area contributed by atoms with Crippen LogP contribution in [-0.2, 0) is 16.0 Å². The van der Waals surface area contributed by atoms with Crippen molar-refractivity contribution >= 4 is 17.1 Å². The molecule has 0 aromatic rings. The van der Waals surface area contributed by atoms with Crippen LogP contribution in [0, 0.1) is 22.7 Å². The molecule has 1 atom stereocenters. The van der Waals surface area contributed by atoms with E-state index in [4.69, 9.17) is 0 Å². The molecule has 0 spiro atoms. The van der Waals surface area contributed by atoms with Gasteiger partial charge in [-0.05, 0) is 34.9 Å². The van der Waals surface area contributed by atoms with Crippen molar-refractivity contribution in [1.29, 1.82) is 0 Å². The van der Waals surface area contributed by atoms with Gasteiger partial charge in [-0.2, -0.15) is 0 Å². The zero-order valence-corrected chi connectivity index (χ0v) is 13.9. The van der Waals surface area contributed by atoms with E-state index in [0.717, 1.165) is 6.42 Å². The topological polar surface area (TPSA) is 52.2 Å². The van der Waals surface area contributed by atoms with Gasteiger partial charge in [-0.15, -0.1) is 0 Å². The molecule has 0 heterocycles. The predicted octanol–water partition coefficient (Wildman–Crippen LogP) is 2.34. The summed E-state index contributed by atoms with van der Waals surface area (Å²) in [6, 6.07) is 0. The molecule has 1 amide bonds. The lowest BCUT2D eigenvalue weighted by molar-refractivity contribution is -0.115. The molecule has 0 aliphatic heterocycles. The third-order valence-electron chi connectivity index (χ3n) is 2.19. The van der Waals surface area contributed by atoms with Crippen molar-refractivity contribution in [3.05, 3.63) is 0 Å². The Labute approximate surface area is 121 Å². The summed E-state index contributed by atoms with van der Waals surface area (Å²) in [7, 11) is 0. The van der Waals surface area contributed by atoms with E-state index in [1.165, 1.54) is 0 Å². The first kappa shape index (κ1) is 18.3. The average molecular weight is 285 g/mol. The van der Waals surface area contributed by atoms with Crippen LogP contribution in [0.25, 0.3) is 0 Å². The molecule has 19 heavy (non-hydrogen) atoms. The van der Waals surface area contributed by atoms with Gasteiger partial charge in [0.1, 0.15) is 5.75 Å².